The molecule has 0 radical (unpaired) electrons. The average Bonchev–Trinajstić information content (AvgIpc) is 3.15. The van der Waals surface area contributed by atoms with Gasteiger partial charge in [0.1, 0.15) is 12.2 Å². The van der Waals surface area contributed by atoms with Gasteiger partial charge in [0, 0.05) is 18.3 Å². The molecule has 1 spiro atoms. The number of aliphatic hydroxyl groups is 3. The van der Waals surface area contributed by atoms with Crippen LogP contribution in [0, 0.1) is 28.6 Å². The zero-order valence-electron chi connectivity index (χ0n) is 15.1. The normalized spacial score (nSPS) is 59.9. The molecule has 10 atom stereocenters. The molecule has 2 aliphatic carbocycles. The molecule has 3 N–H and O–H groups in total. The van der Waals surface area contributed by atoms with Gasteiger partial charge in [0.15, 0.2) is 11.9 Å². The number of rotatable bonds is 0. The fraction of sp³-hybridized carbons (Fsp3) is 0.889. The molecule has 8 heteroatoms. The average molecular weight is 368 g/mol. The van der Waals surface area contributed by atoms with E-state index in [-0.39, 0.29) is 6.42 Å². The molecule has 0 amide bonds. The zero-order valence-corrected chi connectivity index (χ0v) is 15.1. The second-order valence-corrected chi connectivity index (χ2v) is 9.64. The Balaban J connectivity index is 1.77. The van der Waals surface area contributed by atoms with Crippen molar-refractivity contribution in [2.75, 3.05) is 0 Å². The van der Waals surface area contributed by atoms with Gasteiger partial charge in [-0.15, -0.1) is 0 Å². The van der Waals surface area contributed by atoms with Gasteiger partial charge in [0.2, 0.25) is 5.60 Å². The molecule has 144 valence electrons. The lowest BCUT2D eigenvalue weighted by Crippen LogP contribution is -2.64. The summed E-state index contributed by atoms with van der Waals surface area (Å²) >= 11 is 0. The van der Waals surface area contributed by atoms with E-state index >= 15 is 0 Å². The van der Waals surface area contributed by atoms with Crippen LogP contribution in [-0.4, -0.2) is 63.1 Å². The minimum absolute atomic E-state index is 0.112. The summed E-state index contributed by atoms with van der Waals surface area (Å²) in [5, 5.41) is 33.4. The standard InChI is InChI=1S/C18H24O8/c1-6-12(20)24-7-5-16-9-8(15(2,3)4)10(19)11(16)25-14(22)18(16,17(6,7)23)26-13(9)21/h6-11,13,19,21,23H,5H2,1-4H3/t6-,7+,8+,9?,10-,11?,13?,16+,17-,18-/m1/s1. The van der Waals surface area contributed by atoms with Crippen molar-refractivity contribution in [2.45, 2.75) is 69.9 Å². The van der Waals surface area contributed by atoms with Gasteiger partial charge >= 0.3 is 11.9 Å². The van der Waals surface area contributed by atoms with Gasteiger partial charge in [-0.2, -0.15) is 0 Å². The van der Waals surface area contributed by atoms with Crippen molar-refractivity contribution < 1.29 is 39.1 Å². The molecule has 5 aliphatic rings. The molecule has 5 fully saturated rings. The summed E-state index contributed by atoms with van der Waals surface area (Å²) in [7, 11) is 0. The summed E-state index contributed by atoms with van der Waals surface area (Å²) in [6.45, 7) is 7.33. The minimum Gasteiger partial charge on any atom is -0.459 e. The van der Waals surface area contributed by atoms with Crippen LogP contribution < -0.4 is 0 Å². The lowest BCUT2D eigenvalue weighted by molar-refractivity contribution is -0.234. The molecule has 0 aromatic carbocycles. The highest BCUT2D eigenvalue weighted by molar-refractivity contribution is 5.91. The number of fused-ring (bicyclic) bond motifs is 1. The predicted molar refractivity (Wildman–Crippen MR) is 83.2 cm³/mol. The van der Waals surface area contributed by atoms with Crippen molar-refractivity contribution in [1.82, 2.24) is 0 Å². The quantitative estimate of drug-likeness (QED) is 0.482. The monoisotopic (exact) mass is 368 g/mol. The Labute approximate surface area is 150 Å². The first-order chi connectivity index (χ1) is 11.9. The second-order valence-electron chi connectivity index (χ2n) is 9.64. The predicted octanol–water partition coefficient (Wildman–Crippen LogP) is -0.665. The van der Waals surface area contributed by atoms with Crippen LogP contribution >= 0.6 is 0 Å². The molecular weight excluding hydrogens is 344 g/mol. The van der Waals surface area contributed by atoms with Gasteiger partial charge in [-0.25, -0.2) is 4.79 Å². The van der Waals surface area contributed by atoms with Crippen LogP contribution in [0.15, 0.2) is 0 Å². The van der Waals surface area contributed by atoms with Gasteiger partial charge in [-0.3, -0.25) is 4.79 Å². The molecule has 8 nitrogen and oxygen atoms in total. The van der Waals surface area contributed by atoms with E-state index in [0.717, 1.165) is 0 Å². The molecule has 0 aromatic heterocycles. The molecule has 2 saturated carbocycles. The molecule has 3 saturated heterocycles. The van der Waals surface area contributed by atoms with Crippen molar-refractivity contribution in [3.05, 3.63) is 0 Å². The van der Waals surface area contributed by atoms with Crippen molar-refractivity contribution in [2.24, 2.45) is 28.6 Å². The first-order valence-electron chi connectivity index (χ1n) is 9.12. The van der Waals surface area contributed by atoms with E-state index in [9.17, 15) is 24.9 Å². The number of carbonyl (C=O) groups is 2. The third-order valence-corrected chi connectivity index (χ3v) is 7.80. The van der Waals surface area contributed by atoms with E-state index in [4.69, 9.17) is 14.2 Å². The summed E-state index contributed by atoms with van der Waals surface area (Å²) in [5.74, 6) is -3.47. The van der Waals surface area contributed by atoms with Gasteiger partial charge < -0.3 is 29.5 Å². The summed E-state index contributed by atoms with van der Waals surface area (Å²) in [6, 6.07) is 0. The van der Waals surface area contributed by atoms with E-state index in [0.29, 0.717) is 0 Å². The van der Waals surface area contributed by atoms with E-state index in [2.05, 4.69) is 0 Å². The summed E-state index contributed by atoms with van der Waals surface area (Å²) in [4.78, 5) is 25.1. The highest BCUT2D eigenvalue weighted by atomic mass is 16.7. The largest absolute Gasteiger partial charge is 0.459 e. The zero-order chi connectivity index (χ0) is 19.0. The number of esters is 2. The van der Waals surface area contributed by atoms with Crippen LogP contribution in [0.5, 0.6) is 0 Å². The first kappa shape index (κ1) is 16.9. The minimum atomic E-state index is -1.93. The number of aliphatic hydroxyl groups excluding tert-OH is 2. The van der Waals surface area contributed by atoms with Crippen LogP contribution in [0.1, 0.15) is 34.1 Å². The topological polar surface area (TPSA) is 123 Å². The highest BCUT2D eigenvalue weighted by Gasteiger charge is 2.95. The molecular formula is C18H24O8. The molecule has 0 aromatic rings. The van der Waals surface area contributed by atoms with Crippen molar-refractivity contribution in [3.63, 3.8) is 0 Å². The SMILES string of the molecule is C[C@@H]1C(=O)O[C@H]2C[C@]34C5OC(=O)[C@]3(OC(O)C4[C@H](C(C)(C)C)[C@H]5O)[C@]21O. The maximum Gasteiger partial charge on any atom is 0.342 e. The third kappa shape index (κ3) is 1.31. The Morgan fingerprint density at radius 2 is 1.81 bits per heavy atom. The summed E-state index contributed by atoms with van der Waals surface area (Å²) in [5.41, 5.74) is -5.38. The summed E-state index contributed by atoms with van der Waals surface area (Å²) in [6.07, 6.45) is -4.08. The number of carbonyl (C=O) groups excluding carboxylic acids is 2. The van der Waals surface area contributed by atoms with Gasteiger partial charge in [-0.05, 0) is 12.3 Å². The lowest BCUT2D eigenvalue weighted by Gasteiger charge is -2.39. The van der Waals surface area contributed by atoms with Gasteiger partial charge in [-0.1, -0.05) is 20.8 Å². The highest BCUT2D eigenvalue weighted by Crippen LogP contribution is 2.77. The van der Waals surface area contributed by atoms with Crippen LogP contribution in [0.25, 0.3) is 0 Å². The van der Waals surface area contributed by atoms with Gasteiger partial charge in [0.05, 0.1) is 17.4 Å². The Morgan fingerprint density at radius 1 is 1.15 bits per heavy atom. The molecule has 5 rings (SSSR count). The van der Waals surface area contributed by atoms with Crippen molar-refractivity contribution in [1.29, 1.82) is 0 Å². The van der Waals surface area contributed by atoms with E-state index in [1.807, 2.05) is 20.8 Å². The lowest BCUT2D eigenvalue weighted by atomic mass is 9.61. The van der Waals surface area contributed by atoms with Crippen molar-refractivity contribution in [3.8, 4) is 0 Å². The van der Waals surface area contributed by atoms with Crippen molar-refractivity contribution >= 4 is 11.9 Å². The molecule has 3 aliphatic heterocycles. The summed E-state index contributed by atoms with van der Waals surface area (Å²) < 4.78 is 16.8. The number of hydrogen-bond acceptors (Lipinski definition) is 8. The van der Waals surface area contributed by atoms with Crippen LogP contribution in [0.3, 0.4) is 0 Å². The van der Waals surface area contributed by atoms with Crippen LogP contribution in [0.2, 0.25) is 0 Å². The first-order valence-corrected chi connectivity index (χ1v) is 9.12. The fourth-order valence-electron chi connectivity index (χ4n) is 6.96. The maximum absolute atomic E-state index is 13.0. The Morgan fingerprint density at radius 3 is 2.42 bits per heavy atom. The Kier molecular flexibility index (Phi) is 2.78. The fourth-order valence-corrected chi connectivity index (χ4v) is 6.96. The Hall–Kier alpha value is -1.22. The van der Waals surface area contributed by atoms with Gasteiger partial charge in [0.25, 0.3) is 0 Å². The Bertz CT molecular complexity index is 729. The number of hydrogen-bond donors (Lipinski definition) is 3. The third-order valence-electron chi connectivity index (χ3n) is 7.80. The molecule has 26 heavy (non-hydrogen) atoms. The van der Waals surface area contributed by atoms with E-state index < -0.39 is 76.3 Å². The van der Waals surface area contributed by atoms with E-state index in [1.54, 1.807) is 0 Å². The smallest absolute Gasteiger partial charge is 0.342 e. The van der Waals surface area contributed by atoms with E-state index in [1.165, 1.54) is 6.92 Å². The second kappa shape index (κ2) is 4.27. The van der Waals surface area contributed by atoms with Crippen LogP contribution in [0.4, 0.5) is 0 Å². The van der Waals surface area contributed by atoms with Crippen LogP contribution in [-0.2, 0) is 23.8 Å². The molecule has 0 bridgehead atoms. The number of ether oxygens (including phenoxy) is 3. The molecule has 3 unspecified atom stereocenters. The maximum atomic E-state index is 13.0. The molecule has 3 heterocycles.